The maximum atomic E-state index is 15.4. The van der Waals surface area contributed by atoms with E-state index in [2.05, 4.69) is 15.7 Å². The van der Waals surface area contributed by atoms with Crippen LogP contribution in [0.4, 0.5) is 15.8 Å². The molecular weight excluding hydrogens is 609 g/mol. The Bertz CT molecular complexity index is 1800. The number of ether oxygens (including phenoxy) is 2. The minimum Gasteiger partial charge on any atom is -0.382 e. The Morgan fingerprint density at radius 1 is 0.938 bits per heavy atom. The molecule has 8 rings (SSSR count). The summed E-state index contributed by atoms with van der Waals surface area (Å²) < 4.78 is 28.3. The summed E-state index contributed by atoms with van der Waals surface area (Å²) in [5.74, 6) is -1.38. The SMILES string of the molecule is Cc1cccc(F)c1C(=O)N1C2CCCC2CC(C(=O)Nc2ccc3c(cnn3C3COC3)c2)C1c1ccc(NC2CCOCC2)cc1. The first-order valence-electron chi connectivity index (χ1n) is 17.3. The molecule has 0 spiro atoms. The molecule has 0 bridgehead atoms. The van der Waals surface area contributed by atoms with Crippen LogP contribution < -0.4 is 10.6 Å². The van der Waals surface area contributed by atoms with Crippen molar-refractivity contribution in [3.8, 4) is 0 Å². The number of piperidine rings is 1. The lowest BCUT2D eigenvalue weighted by atomic mass is 9.76. The van der Waals surface area contributed by atoms with E-state index in [0.29, 0.717) is 36.9 Å². The topological polar surface area (TPSA) is 97.7 Å². The van der Waals surface area contributed by atoms with Crippen molar-refractivity contribution >= 4 is 34.1 Å². The third-order valence-electron chi connectivity index (χ3n) is 10.9. The van der Waals surface area contributed by atoms with Crippen molar-refractivity contribution in [2.75, 3.05) is 37.1 Å². The van der Waals surface area contributed by atoms with Gasteiger partial charge in [0.05, 0.1) is 48.5 Å². The Hall–Kier alpha value is -4.28. The average molecular weight is 652 g/mol. The number of rotatable bonds is 7. The largest absolute Gasteiger partial charge is 0.382 e. The molecule has 4 atom stereocenters. The van der Waals surface area contributed by atoms with Crippen LogP contribution in [0.2, 0.25) is 0 Å². The number of carbonyl (C=O) groups excluding carboxylic acids is 2. The lowest BCUT2D eigenvalue weighted by Crippen LogP contribution is -2.54. The molecule has 2 amide bonds. The van der Waals surface area contributed by atoms with Gasteiger partial charge in [-0.05, 0) is 92.5 Å². The summed E-state index contributed by atoms with van der Waals surface area (Å²) in [5.41, 5.74) is 4.23. The number of carbonyl (C=O) groups is 2. The number of nitrogens with one attached hydrogen (secondary N) is 2. The smallest absolute Gasteiger partial charge is 0.257 e. The van der Waals surface area contributed by atoms with Gasteiger partial charge in [0.1, 0.15) is 5.82 Å². The molecule has 4 heterocycles. The number of benzene rings is 3. The van der Waals surface area contributed by atoms with E-state index in [-0.39, 0.29) is 35.4 Å². The lowest BCUT2D eigenvalue weighted by Gasteiger charge is -2.48. The molecule has 4 fully saturated rings. The van der Waals surface area contributed by atoms with Crippen LogP contribution in [0, 0.1) is 24.6 Å². The van der Waals surface area contributed by atoms with E-state index in [1.807, 2.05) is 58.2 Å². The molecule has 4 unspecified atom stereocenters. The van der Waals surface area contributed by atoms with E-state index in [1.165, 1.54) is 6.07 Å². The highest BCUT2D eigenvalue weighted by atomic mass is 19.1. The highest BCUT2D eigenvalue weighted by Gasteiger charge is 2.50. The fraction of sp³-hybridized carbons (Fsp3) is 0.447. The first-order chi connectivity index (χ1) is 23.4. The zero-order chi connectivity index (χ0) is 32.8. The summed E-state index contributed by atoms with van der Waals surface area (Å²) >= 11 is 0. The van der Waals surface area contributed by atoms with Crippen LogP contribution in [0.25, 0.3) is 10.9 Å². The quantitative estimate of drug-likeness (QED) is 0.232. The van der Waals surface area contributed by atoms with Crippen LogP contribution in [0.5, 0.6) is 0 Å². The number of anilines is 2. The van der Waals surface area contributed by atoms with Crippen LogP contribution >= 0.6 is 0 Å². The van der Waals surface area contributed by atoms with Gasteiger partial charge in [-0.25, -0.2) is 4.39 Å². The number of aryl methyl sites for hydroxylation is 1. The van der Waals surface area contributed by atoms with Crippen molar-refractivity contribution in [1.82, 2.24) is 14.7 Å². The van der Waals surface area contributed by atoms with Gasteiger partial charge in [0.2, 0.25) is 5.91 Å². The van der Waals surface area contributed by atoms with Crippen molar-refractivity contribution in [2.24, 2.45) is 11.8 Å². The Balaban J connectivity index is 1.14. The predicted octanol–water partition coefficient (Wildman–Crippen LogP) is 6.66. The number of nitrogens with zero attached hydrogens (tertiary/aromatic N) is 3. The third kappa shape index (κ3) is 5.75. The molecule has 3 aromatic carbocycles. The number of halogens is 1. The average Bonchev–Trinajstić information content (AvgIpc) is 3.71. The van der Waals surface area contributed by atoms with Gasteiger partial charge in [-0.3, -0.25) is 14.3 Å². The first kappa shape index (κ1) is 31.0. The van der Waals surface area contributed by atoms with Gasteiger partial charge in [-0.15, -0.1) is 0 Å². The van der Waals surface area contributed by atoms with Crippen molar-refractivity contribution in [3.05, 3.63) is 89.4 Å². The van der Waals surface area contributed by atoms with Crippen molar-refractivity contribution < 1.29 is 23.5 Å². The molecule has 9 nitrogen and oxygen atoms in total. The molecule has 1 aliphatic carbocycles. The summed E-state index contributed by atoms with van der Waals surface area (Å²) in [5, 5.41) is 12.3. The predicted molar refractivity (Wildman–Crippen MR) is 181 cm³/mol. The molecular formula is C38H42FN5O4. The molecule has 250 valence electrons. The van der Waals surface area contributed by atoms with Crippen LogP contribution in [-0.2, 0) is 14.3 Å². The highest BCUT2D eigenvalue weighted by Crippen LogP contribution is 2.49. The number of fused-ring (bicyclic) bond motifs is 2. The lowest BCUT2D eigenvalue weighted by molar-refractivity contribution is -0.125. The van der Waals surface area contributed by atoms with Gasteiger partial charge in [0.15, 0.2) is 0 Å². The van der Waals surface area contributed by atoms with Gasteiger partial charge in [0.25, 0.3) is 5.91 Å². The maximum Gasteiger partial charge on any atom is 0.257 e. The molecule has 3 aliphatic heterocycles. The fourth-order valence-electron chi connectivity index (χ4n) is 8.34. The second-order valence-electron chi connectivity index (χ2n) is 13.9. The Morgan fingerprint density at radius 3 is 2.48 bits per heavy atom. The summed E-state index contributed by atoms with van der Waals surface area (Å²) in [7, 11) is 0. The number of amides is 2. The van der Waals surface area contributed by atoms with E-state index in [0.717, 1.165) is 67.5 Å². The Morgan fingerprint density at radius 2 is 1.73 bits per heavy atom. The first-order valence-corrected chi connectivity index (χ1v) is 17.3. The minimum atomic E-state index is -0.557. The number of aromatic nitrogens is 2. The van der Waals surface area contributed by atoms with E-state index in [4.69, 9.17) is 9.47 Å². The molecule has 1 saturated carbocycles. The molecule has 10 heteroatoms. The molecule has 0 radical (unpaired) electrons. The number of hydrogen-bond acceptors (Lipinski definition) is 6. The van der Waals surface area contributed by atoms with Crippen LogP contribution in [0.3, 0.4) is 0 Å². The molecule has 4 aliphatic rings. The molecule has 1 aromatic heterocycles. The zero-order valence-corrected chi connectivity index (χ0v) is 27.2. The van der Waals surface area contributed by atoms with E-state index >= 15 is 4.39 Å². The van der Waals surface area contributed by atoms with Gasteiger partial charge < -0.3 is 25.0 Å². The van der Waals surface area contributed by atoms with Crippen LogP contribution in [0.1, 0.15) is 72.1 Å². The maximum absolute atomic E-state index is 15.4. The fourth-order valence-corrected chi connectivity index (χ4v) is 8.34. The summed E-state index contributed by atoms with van der Waals surface area (Å²) in [6, 6.07) is 18.7. The second kappa shape index (κ2) is 13.0. The van der Waals surface area contributed by atoms with Gasteiger partial charge in [-0.1, -0.05) is 30.7 Å². The van der Waals surface area contributed by atoms with Gasteiger partial charge >= 0.3 is 0 Å². The van der Waals surface area contributed by atoms with E-state index in [1.54, 1.807) is 19.1 Å². The standard InChI is InChI=1S/C38H42FN5O4/c1-23-4-2-6-32(39)35(23)38(46)43-33-7-3-5-25(33)19-31(36(43)24-8-10-27(11-9-24)41-28-14-16-47-17-15-28)37(45)42-29-12-13-34-26(18-29)20-40-44(34)30-21-48-22-30/h2,4,6,8-13,18,20,25,28,30-31,33,36,41H,3,5,7,14-17,19,21-22H2,1H3,(H,42,45). The summed E-state index contributed by atoms with van der Waals surface area (Å²) in [6.45, 7) is 4.56. The number of hydrogen-bond donors (Lipinski definition) is 2. The van der Waals surface area contributed by atoms with E-state index in [9.17, 15) is 9.59 Å². The normalized spacial score (nSPS) is 24.7. The molecule has 2 N–H and O–H groups in total. The van der Waals surface area contributed by atoms with Crippen molar-refractivity contribution in [3.63, 3.8) is 0 Å². The van der Waals surface area contributed by atoms with Crippen molar-refractivity contribution in [2.45, 2.75) is 69.6 Å². The Labute approximate surface area is 279 Å². The second-order valence-corrected chi connectivity index (χ2v) is 13.9. The summed E-state index contributed by atoms with van der Waals surface area (Å²) in [6.07, 6.45) is 7.12. The third-order valence-corrected chi connectivity index (χ3v) is 10.9. The highest BCUT2D eigenvalue weighted by molar-refractivity contribution is 5.99. The minimum absolute atomic E-state index is 0.0664. The van der Waals surface area contributed by atoms with Gasteiger partial charge in [-0.2, -0.15) is 5.10 Å². The number of likely N-dealkylation sites (tertiary alicyclic amines) is 1. The van der Waals surface area contributed by atoms with Crippen LogP contribution in [-0.4, -0.2) is 65.0 Å². The molecule has 3 saturated heterocycles. The van der Waals surface area contributed by atoms with E-state index < -0.39 is 17.8 Å². The zero-order valence-electron chi connectivity index (χ0n) is 27.2. The molecule has 4 aromatic rings. The van der Waals surface area contributed by atoms with Gasteiger partial charge in [0, 0.05) is 42.1 Å². The molecule has 48 heavy (non-hydrogen) atoms. The van der Waals surface area contributed by atoms with Crippen molar-refractivity contribution in [1.29, 1.82) is 0 Å². The van der Waals surface area contributed by atoms with Crippen LogP contribution in [0.15, 0.2) is 66.9 Å². The summed E-state index contributed by atoms with van der Waals surface area (Å²) in [4.78, 5) is 30.9. The monoisotopic (exact) mass is 651 g/mol. The Kier molecular flexibility index (Phi) is 8.38.